The average molecular weight is 214 g/mol. The first-order valence-electron chi connectivity index (χ1n) is 5.08. The molecule has 2 aliphatic heterocycles. The quantitative estimate of drug-likeness (QED) is 0.648. The van der Waals surface area contributed by atoms with Crippen LogP contribution in [-0.4, -0.2) is 24.1 Å². The standard InChI is InChI=1S/C10H16ClN3/c1-8-4-6-13-14(10(8)11)9-3-2-5-12-7-9/h4,6,9,12-13H,2-3,5,7H2,1H3/t9-/m1/s1. The molecule has 2 rings (SSSR count). The molecule has 0 spiro atoms. The minimum Gasteiger partial charge on any atom is -0.315 e. The molecule has 0 aromatic heterocycles. The van der Waals surface area contributed by atoms with E-state index < -0.39 is 0 Å². The predicted octanol–water partition coefficient (Wildman–Crippen LogP) is 1.54. The number of hydrogen-bond donors (Lipinski definition) is 2. The molecular formula is C10H16ClN3. The summed E-state index contributed by atoms with van der Waals surface area (Å²) in [5.74, 6) is 0. The van der Waals surface area contributed by atoms with E-state index in [0.717, 1.165) is 23.8 Å². The number of halogens is 1. The molecule has 0 aromatic carbocycles. The topological polar surface area (TPSA) is 27.3 Å². The van der Waals surface area contributed by atoms with Crippen molar-refractivity contribution in [2.75, 3.05) is 13.1 Å². The summed E-state index contributed by atoms with van der Waals surface area (Å²) in [6, 6.07) is 0.469. The average Bonchev–Trinajstić information content (AvgIpc) is 2.23. The first kappa shape index (κ1) is 9.87. The fourth-order valence-corrected chi connectivity index (χ4v) is 2.13. The summed E-state index contributed by atoms with van der Waals surface area (Å²) in [4.78, 5) is 0. The van der Waals surface area contributed by atoms with E-state index in [0.29, 0.717) is 6.04 Å². The summed E-state index contributed by atoms with van der Waals surface area (Å²) in [5, 5.41) is 6.26. The van der Waals surface area contributed by atoms with Crippen molar-refractivity contribution >= 4 is 11.6 Å². The molecule has 0 aliphatic carbocycles. The maximum absolute atomic E-state index is 6.23. The second-order valence-electron chi connectivity index (χ2n) is 3.81. The Kier molecular flexibility index (Phi) is 2.99. The maximum Gasteiger partial charge on any atom is 0.126 e. The van der Waals surface area contributed by atoms with Crippen molar-refractivity contribution in [3.05, 3.63) is 23.0 Å². The highest BCUT2D eigenvalue weighted by Gasteiger charge is 2.23. The van der Waals surface area contributed by atoms with Gasteiger partial charge < -0.3 is 10.7 Å². The Morgan fingerprint density at radius 2 is 2.43 bits per heavy atom. The van der Waals surface area contributed by atoms with Crippen LogP contribution in [0.3, 0.4) is 0 Å². The van der Waals surface area contributed by atoms with Crippen LogP contribution in [0.15, 0.2) is 23.0 Å². The van der Waals surface area contributed by atoms with Gasteiger partial charge in [0.1, 0.15) is 5.16 Å². The zero-order valence-electron chi connectivity index (χ0n) is 8.39. The molecule has 0 amide bonds. The Labute approximate surface area is 89.8 Å². The third-order valence-corrected chi connectivity index (χ3v) is 3.20. The molecule has 78 valence electrons. The van der Waals surface area contributed by atoms with E-state index in [1.54, 1.807) is 0 Å². The molecule has 2 heterocycles. The van der Waals surface area contributed by atoms with Gasteiger partial charge in [0.05, 0.1) is 6.04 Å². The van der Waals surface area contributed by atoms with Gasteiger partial charge in [-0.25, -0.2) is 0 Å². The number of nitrogens with zero attached hydrogens (tertiary/aromatic N) is 1. The van der Waals surface area contributed by atoms with Gasteiger partial charge in [-0.3, -0.25) is 5.01 Å². The zero-order valence-corrected chi connectivity index (χ0v) is 9.14. The Hall–Kier alpha value is -0.670. The molecule has 4 heteroatoms. The number of hydrogen-bond acceptors (Lipinski definition) is 3. The van der Waals surface area contributed by atoms with E-state index in [4.69, 9.17) is 11.6 Å². The van der Waals surface area contributed by atoms with Crippen molar-refractivity contribution < 1.29 is 0 Å². The fraction of sp³-hybridized carbons (Fsp3) is 0.600. The zero-order chi connectivity index (χ0) is 9.97. The molecule has 1 saturated heterocycles. The summed E-state index contributed by atoms with van der Waals surface area (Å²) < 4.78 is 0. The second-order valence-corrected chi connectivity index (χ2v) is 4.16. The smallest absolute Gasteiger partial charge is 0.126 e. The Bertz CT molecular complexity index is 267. The molecule has 1 fully saturated rings. The van der Waals surface area contributed by atoms with Crippen molar-refractivity contribution in [2.24, 2.45) is 0 Å². The molecule has 2 aliphatic rings. The first-order valence-corrected chi connectivity index (χ1v) is 5.46. The molecule has 2 N–H and O–H groups in total. The lowest BCUT2D eigenvalue weighted by atomic mass is 10.1. The number of nitrogens with one attached hydrogen (secondary N) is 2. The SMILES string of the molecule is CC1=C(Cl)N([C@@H]2CCCNC2)NC=C1. The summed E-state index contributed by atoms with van der Waals surface area (Å²) in [5.41, 5.74) is 4.31. The summed E-state index contributed by atoms with van der Waals surface area (Å²) in [7, 11) is 0. The van der Waals surface area contributed by atoms with Gasteiger partial charge in [-0.05, 0) is 38.0 Å². The minimum absolute atomic E-state index is 0.469. The highest BCUT2D eigenvalue weighted by molar-refractivity contribution is 6.29. The van der Waals surface area contributed by atoms with Crippen LogP contribution in [0.25, 0.3) is 0 Å². The van der Waals surface area contributed by atoms with E-state index >= 15 is 0 Å². The Morgan fingerprint density at radius 3 is 3.14 bits per heavy atom. The van der Waals surface area contributed by atoms with Gasteiger partial charge in [0.2, 0.25) is 0 Å². The number of piperidine rings is 1. The van der Waals surface area contributed by atoms with Gasteiger partial charge in [0, 0.05) is 12.7 Å². The first-order chi connectivity index (χ1) is 6.79. The van der Waals surface area contributed by atoms with E-state index in [-0.39, 0.29) is 0 Å². The molecule has 14 heavy (non-hydrogen) atoms. The number of allylic oxidation sites excluding steroid dienone is 2. The molecule has 0 aromatic rings. The molecular weight excluding hydrogens is 198 g/mol. The van der Waals surface area contributed by atoms with E-state index in [1.165, 1.54) is 12.8 Å². The lowest BCUT2D eigenvalue weighted by Gasteiger charge is -2.37. The van der Waals surface area contributed by atoms with Crippen LogP contribution in [0.2, 0.25) is 0 Å². The van der Waals surface area contributed by atoms with Crippen molar-refractivity contribution in [3.63, 3.8) is 0 Å². The predicted molar refractivity (Wildman–Crippen MR) is 58.6 cm³/mol. The third kappa shape index (κ3) is 1.88. The highest BCUT2D eigenvalue weighted by Crippen LogP contribution is 2.22. The molecule has 3 nitrogen and oxygen atoms in total. The monoisotopic (exact) mass is 213 g/mol. The van der Waals surface area contributed by atoms with Crippen LogP contribution in [-0.2, 0) is 0 Å². The fourth-order valence-electron chi connectivity index (χ4n) is 1.88. The van der Waals surface area contributed by atoms with E-state index in [2.05, 4.69) is 15.8 Å². The van der Waals surface area contributed by atoms with Crippen molar-refractivity contribution in [2.45, 2.75) is 25.8 Å². The van der Waals surface area contributed by atoms with Crippen molar-refractivity contribution in [1.82, 2.24) is 15.8 Å². The summed E-state index contributed by atoms with van der Waals surface area (Å²) >= 11 is 6.23. The van der Waals surface area contributed by atoms with Crippen molar-refractivity contribution in [1.29, 1.82) is 0 Å². The maximum atomic E-state index is 6.23. The summed E-state index contributed by atoms with van der Waals surface area (Å²) in [6.45, 7) is 4.16. The lowest BCUT2D eigenvalue weighted by molar-refractivity contribution is 0.180. The van der Waals surface area contributed by atoms with Crippen LogP contribution in [0.4, 0.5) is 0 Å². The van der Waals surface area contributed by atoms with Crippen LogP contribution in [0.1, 0.15) is 19.8 Å². The molecule has 0 bridgehead atoms. The Balaban J connectivity index is 2.07. The van der Waals surface area contributed by atoms with Gasteiger partial charge in [0.25, 0.3) is 0 Å². The molecule has 1 atom stereocenters. The van der Waals surface area contributed by atoms with Crippen molar-refractivity contribution in [3.8, 4) is 0 Å². The van der Waals surface area contributed by atoms with Gasteiger partial charge in [-0.1, -0.05) is 11.6 Å². The van der Waals surface area contributed by atoms with Gasteiger partial charge in [-0.2, -0.15) is 0 Å². The van der Waals surface area contributed by atoms with Gasteiger partial charge >= 0.3 is 0 Å². The van der Waals surface area contributed by atoms with E-state index in [1.807, 2.05) is 19.2 Å². The Morgan fingerprint density at radius 1 is 1.57 bits per heavy atom. The molecule has 0 radical (unpaired) electrons. The summed E-state index contributed by atoms with van der Waals surface area (Å²) in [6.07, 6.45) is 6.35. The third-order valence-electron chi connectivity index (χ3n) is 2.72. The lowest BCUT2D eigenvalue weighted by Crippen LogP contribution is -2.50. The minimum atomic E-state index is 0.469. The van der Waals surface area contributed by atoms with Crippen LogP contribution in [0, 0.1) is 0 Å². The highest BCUT2D eigenvalue weighted by atomic mass is 35.5. The molecule has 0 saturated carbocycles. The normalized spacial score (nSPS) is 27.9. The molecule has 0 unspecified atom stereocenters. The van der Waals surface area contributed by atoms with Crippen LogP contribution in [0.5, 0.6) is 0 Å². The van der Waals surface area contributed by atoms with E-state index in [9.17, 15) is 0 Å². The second kappa shape index (κ2) is 4.24. The van der Waals surface area contributed by atoms with Gasteiger partial charge in [0.15, 0.2) is 0 Å². The number of rotatable bonds is 1. The van der Waals surface area contributed by atoms with Crippen LogP contribution >= 0.6 is 11.6 Å². The largest absolute Gasteiger partial charge is 0.315 e. The van der Waals surface area contributed by atoms with Crippen LogP contribution < -0.4 is 10.7 Å². The van der Waals surface area contributed by atoms with Gasteiger partial charge in [-0.15, -0.1) is 0 Å². The number of hydrazine groups is 1.